The summed E-state index contributed by atoms with van der Waals surface area (Å²) in [4.78, 5) is 20.9. The topological polar surface area (TPSA) is 74.6 Å². The Morgan fingerprint density at radius 3 is 2.05 bits per heavy atom. The second kappa shape index (κ2) is 13.1. The molecule has 4 heterocycles. The first-order chi connectivity index (χ1) is 30.2. The van der Waals surface area contributed by atoms with Crippen LogP contribution in [0.2, 0.25) is 0 Å². The summed E-state index contributed by atoms with van der Waals surface area (Å²) in [5.41, 5.74) is 15.2. The molecule has 4 aromatic heterocycles. The predicted octanol–water partition coefficient (Wildman–Crippen LogP) is 13.4. The molecule has 2 aliphatic carbocycles. The van der Waals surface area contributed by atoms with E-state index in [4.69, 9.17) is 24.4 Å². The number of allylic oxidation sites excluding steroid dienone is 4. The van der Waals surface area contributed by atoms with Crippen LogP contribution in [0.5, 0.6) is 0 Å². The van der Waals surface area contributed by atoms with E-state index in [9.17, 15) is 0 Å². The van der Waals surface area contributed by atoms with Crippen LogP contribution in [-0.4, -0.2) is 29.1 Å². The Balaban J connectivity index is 1.09. The molecule has 288 valence electrons. The summed E-state index contributed by atoms with van der Waals surface area (Å²) in [7, 11) is 0. The van der Waals surface area contributed by atoms with Gasteiger partial charge in [0, 0.05) is 49.8 Å². The highest BCUT2D eigenvalue weighted by molar-refractivity contribution is 6.23. The van der Waals surface area contributed by atoms with Crippen LogP contribution in [-0.2, 0) is 0 Å². The second-order valence-corrected chi connectivity index (χ2v) is 16.1. The SMILES string of the molecule is CC1C2=C(CCC=C2)c2ccc(-c3nc(-c4ccccc4)nc(-n4c5ccccc5c5ccc6c7ccccc7n(-c7cccc(-c8nc9ccccc9o8)c7)c6c54)n3)cc21. The van der Waals surface area contributed by atoms with E-state index in [-0.39, 0.29) is 0 Å². The van der Waals surface area contributed by atoms with E-state index < -0.39 is 0 Å². The standard InChI is InChI=1S/C54H36N6O/c1-32-37-18-5-6-19-38(37)39-27-26-34(31-44(32)39)52-56-51(33-14-3-2-4-15-33)57-54(58-52)60-47-24-11-8-21-41(47)43-29-28-42-40-20-7-10-23-46(40)59(49(42)50(43)60)36-17-13-16-35(30-36)53-55-45-22-9-12-25-48(45)61-53/h2-5,7-18,20-32H,6,19H2,1H3. The van der Waals surface area contributed by atoms with Gasteiger partial charge in [-0.05, 0) is 83.6 Å². The van der Waals surface area contributed by atoms with Crippen molar-refractivity contribution in [2.45, 2.75) is 25.7 Å². The lowest BCUT2D eigenvalue weighted by Crippen LogP contribution is -2.07. The van der Waals surface area contributed by atoms with E-state index in [1.54, 1.807) is 0 Å². The maximum atomic E-state index is 6.29. The molecule has 0 spiro atoms. The van der Waals surface area contributed by atoms with Crippen LogP contribution in [0.25, 0.3) is 106 Å². The van der Waals surface area contributed by atoms with Crippen molar-refractivity contribution in [3.63, 3.8) is 0 Å². The maximum Gasteiger partial charge on any atom is 0.238 e. The molecule has 0 aliphatic heterocycles. The summed E-state index contributed by atoms with van der Waals surface area (Å²) in [5, 5.41) is 4.52. The lowest BCUT2D eigenvalue weighted by molar-refractivity contribution is 0.620. The van der Waals surface area contributed by atoms with Crippen LogP contribution >= 0.6 is 0 Å². The monoisotopic (exact) mass is 784 g/mol. The van der Waals surface area contributed by atoms with Gasteiger partial charge in [-0.3, -0.25) is 4.57 Å². The van der Waals surface area contributed by atoms with Gasteiger partial charge in [-0.2, -0.15) is 9.97 Å². The molecule has 1 atom stereocenters. The minimum atomic E-state index is 0.310. The van der Waals surface area contributed by atoms with Crippen LogP contribution in [0.1, 0.15) is 36.8 Å². The van der Waals surface area contributed by atoms with Gasteiger partial charge in [-0.1, -0.05) is 128 Å². The number of para-hydroxylation sites is 4. The van der Waals surface area contributed by atoms with Gasteiger partial charge < -0.3 is 8.98 Å². The van der Waals surface area contributed by atoms with Crippen molar-refractivity contribution in [3.8, 4) is 45.9 Å². The fourth-order valence-electron chi connectivity index (χ4n) is 9.94. The summed E-state index contributed by atoms with van der Waals surface area (Å²) in [6.45, 7) is 2.32. The summed E-state index contributed by atoms with van der Waals surface area (Å²) < 4.78 is 10.9. The third kappa shape index (κ3) is 5.10. The Hall–Kier alpha value is -7.90. The summed E-state index contributed by atoms with van der Waals surface area (Å²) in [6.07, 6.45) is 6.80. The minimum absolute atomic E-state index is 0.310. The zero-order valence-corrected chi connectivity index (χ0v) is 33.2. The Labute approximate surface area is 350 Å². The third-order valence-electron chi connectivity index (χ3n) is 12.7. The van der Waals surface area contributed by atoms with Crippen molar-refractivity contribution in [3.05, 3.63) is 187 Å². The van der Waals surface area contributed by atoms with Gasteiger partial charge in [-0.25, -0.2) is 9.97 Å². The molecule has 7 aromatic carbocycles. The molecule has 0 amide bonds. The maximum absolute atomic E-state index is 6.29. The third-order valence-corrected chi connectivity index (χ3v) is 12.7. The molecule has 61 heavy (non-hydrogen) atoms. The van der Waals surface area contributed by atoms with E-state index in [2.05, 4.69) is 143 Å². The first kappa shape index (κ1) is 34.0. The summed E-state index contributed by atoms with van der Waals surface area (Å²) >= 11 is 0. The Morgan fingerprint density at radius 1 is 0.557 bits per heavy atom. The predicted molar refractivity (Wildman–Crippen MR) is 246 cm³/mol. The quantitative estimate of drug-likeness (QED) is 0.174. The van der Waals surface area contributed by atoms with Crippen molar-refractivity contribution in [2.24, 2.45) is 0 Å². The Bertz CT molecular complexity index is 3650. The van der Waals surface area contributed by atoms with Crippen molar-refractivity contribution in [1.29, 1.82) is 0 Å². The van der Waals surface area contributed by atoms with Gasteiger partial charge in [0.2, 0.25) is 11.8 Å². The van der Waals surface area contributed by atoms with Crippen molar-refractivity contribution in [2.75, 3.05) is 0 Å². The van der Waals surface area contributed by atoms with Crippen LogP contribution in [0.4, 0.5) is 0 Å². The summed E-state index contributed by atoms with van der Waals surface area (Å²) in [6, 6.07) is 55.2. The van der Waals surface area contributed by atoms with Gasteiger partial charge in [0.15, 0.2) is 17.2 Å². The number of oxazole rings is 1. The molecule has 0 saturated heterocycles. The Morgan fingerprint density at radius 2 is 1.25 bits per heavy atom. The highest BCUT2D eigenvalue weighted by Gasteiger charge is 2.29. The zero-order chi connectivity index (χ0) is 40.2. The molecule has 0 radical (unpaired) electrons. The number of fused-ring (bicyclic) bond motifs is 10. The van der Waals surface area contributed by atoms with Gasteiger partial charge in [-0.15, -0.1) is 0 Å². The van der Waals surface area contributed by atoms with Crippen LogP contribution < -0.4 is 0 Å². The molecule has 7 heteroatoms. The molecule has 7 nitrogen and oxygen atoms in total. The molecule has 11 aromatic rings. The van der Waals surface area contributed by atoms with E-state index in [1.165, 1.54) is 22.3 Å². The molecule has 0 fully saturated rings. The summed E-state index contributed by atoms with van der Waals surface area (Å²) in [5.74, 6) is 2.73. The molecule has 0 N–H and O–H groups in total. The fourth-order valence-corrected chi connectivity index (χ4v) is 9.94. The van der Waals surface area contributed by atoms with Crippen molar-refractivity contribution < 1.29 is 4.42 Å². The van der Waals surface area contributed by atoms with Gasteiger partial charge in [0.1, 0.15) is 5.52 Å². The van der Waals surface area contributed by atoms with Crippen molar-refractivity contribution in [1.82, 2.24) is 29.1 Å². The molecular formula is C54H36N6O. The first-order valence-corrected chi connectivity index (χ1v) is 20.9. The second-order valence-electron chi connectivity index (χ2n) is 16.1. The lowest BCUT2D eigenvalue weighted by Gasteiger charge is -2.14. The number of aromatic nitrogens is 6. The highest BCUT2D eigenvalue weighted by atomic mass is 16.3. The average Bonchev–Trinajstić information content (AvgIpc) is 4.08. The number of hydrogen-bond donors (Lipinski definition) is 0. The van der Waals surface area contributed by atoms with E-state index in [0.717, 1.165) is 89.9 Å². The van der Waals surface area contributed by atoms with E-state index in [0.29, 0.717) is 29.4 Å². The van der Waals surface area contributed by atoms with Crippen LogP contribution in [0, 0.1) is 0 Å². The van der Waals surface area contributed by atoms with Gasteiger partial charge >= 0.3 is 0 Å². The normalized spacial score (nSPS) is 14.9. The largest absolute Gasteiger partial charge is 0.436 e. The van der Waals surface area contributed by atoms with Crippen LogP contribution in [0.3, 0.4) is 0 Å². The Kier molecular flexibility index (Phi) is 7.28. The lowest BCUT2D eigenvalue weighted by atomic mass is 9.94. The molecule has 2 aliphatic rings. The highest BCUT2D eigenvalue weighted by Crippen LogP contribution is 2.47. The van der Waals surface area contributed by atoms with Crippen molar-refractivity contribution >= 4 is 60.3 Å². The number of rotatable bonds is 5. The smallest absolute Gasteiger partial charge is 0.238 e. The molecule has 0 saturated carbocycles. The molecular weight excluding hydrogens is 749 g/mol. The van der Waals surface area contributed by atoms with Gasteiger partial charge in [0.25, 0.3) is 0 Å². The minimum Gasteiger partial charge on any atom is -0.436 e. The average molecular weight is 785 g/mol. The zero-order valence-electron chi connectivity index (χ0n) is 33.2. The fraction of sp³-hybridized carbons (Fsp3) is 0.0741. The number of nitrogens with zero attached hydrogens (tertiary/aromatic N) is 6. The molecule has 1 unspecified atom stereocenters. The van der Waals surface area contributed by atoms with Gasteiger partial charge in [0.05, 0.1) is 22.1 Å². The van der Waals surface area contributed by atoms with E-state index in [1.807, 2.05) is 42.5 Å². The van der Waals surface area contributed by atoms with E-state index >= 15 is 0 Å². The first-order valence-electron chi connectivity index (χ1n) is 20.9. The number of hydrogen-bond acceptors (Lipinski definition) is 5. The molecule has 13 rings (SSSR count). The molecule has 0 bridgehead atoms. The van der Waals surface area contributed by atoms with Crippen LogP contribution in [0.15, 0.2) is 180 Å². The number of benzene rings is 7.